The number of esters is 1. The monoisotopic (exact) mass is 498 g/mol. The number of ether oxygens (including phenoxy) is 2. The number of hydrogen-bond acceptors (Lipinski definition) is 6. The lowest BCUT2D eigenvalue weighted by Gasteiger charge is -2.46. The van der Waals surface area contributed by atoms with E-state index < -0.39 is 15.6 Å². The molecule has 182 valence electrons. The second-order valence-corrected chi connectivity index (χ2v) is 11.8. The SMILES string of the molecule is COC(=O)C1CC2COCC(C1)C2NC(=O)[C@@]1(C)CCCN1S(=O)(=O)c1cccc(Cl)c1C. The van der Waals surface area contributed by atoms with E-state index in [1.807, 2.05) is 0 Å². The molecular weight excluding hydrogens is 468 g/mol. The van der Waals surface area contributed by atoms with Gasteiger partial charge in [0, 0.05) is 29.4 Å². The summed E-state index contributed by atoms with van der Waals surface area (Å²) in [5.74, 6) is -0.770. The fourth-order valence-corrected chi connectivity index (χ4v) is 7.95. The smallest absolute Gasteiger partial charge is 0.308 e. The molecule has 2 unspecified atom stereocenters. The van der Waals surface area contributed by atoms with Gasteiger partial charge in [0.25, 0.3) is 0 Å². The molecule has 0 spiro atoms. The van der Waals surface area contributed by atoms with Gasteiger partial charge in [0.2, 0.25) is 15.9 Å². The highest BCUT2D eigenvalue weighted by atomic mass is 35.5. The zero-order valence-corrected chi connectivity index (χ0v) is 20.7. The van der Waals surface area contributed by atoms with Gasteiger partial charge in [-0.3, -0.25) is 9.59 Å². The third kappa shape index (κ3) is 4.29. The van der Waals surface area contributed by atoms with Gasteiger partial charge in [0.1, 0.15) is 5.54 Å². The predicted molar refractivity (Wildman–Crippen MR) is 122 cm³/mol. The lowest BCUT2D eigenvalue weighted by Crippen LogP contribution is -2.62. The van der Waals surface area contributed by atoms with Crippen LogP contribution in [0.4, 0.5) is 0 Å². The first kappa shape index (κ1) is 24.4. The first-order chi connectivity index (χ1) is 15.6. The lowest BCUT2D eigenvalue weighted by atomic mass is 9.70. The molecule has 3 fully saturated rings. The van der Waals surface area contributed by atoms with Crippen LogP contribution in [0.5, 0.6) is 0 Å². The summed E-state index contributed by atoms with van der Waals surface area (Å²) in [6.45, 7) is 4.54. The number of methoxy groups -OCH3 is 1. The number of fused-ring (bicyclic) bond motifs is 2. The molecule has 1 N–H and O–H groups in total. The Kier molecular flexibility index (Phi) is 6.79. The van der Waals surface area contributed by atoms with Gasteiger partial charge in [-0.25, -0.2) is 8.42 Å². The minimum atomic E-state index is -3.93. The number of nitrogens with one attached hydrogen (secondary N) is 1. The number of carbonyl (C=O) groups excluding carboxylic acids is 2. The van der Waals surface area contributed by atoms with E-state index in [1.54, 1.807) is 26.0 Å². The standard InChI is InChI=1S/C23H31ClN2O6S/c1-14-18(24)6-4-7-19(14)33(29,30)26-9-5-8-23(26,2)22(28)25-20-16-10-15(21(27)31-3)11-17(20)13-32-12-16/h4,6-7,15-17,20H,5,8-13H2,1-3H3,(H,25,28)/t15?,16?,17?,20?,23-/m1/s1. The molecule has 2 bridgehead atoms. The summed E-state index contributed by atoms with van der Waals surface area (Å²) >= 11 is 6.18. The molecular formula is C23H31ClN2O6S. The van der Waals surface area contributed by atoms with Crippen molar-refractivity contribution >= 4 is 33.5 Å². The molecule has 33 heavy (non-hydrogen) atoms. The molecule has 1 aliphatic carbocycles. The number of amides is 1. The van der Waals surface area contributed by atoms with Gasteiger partial charge in [-0.05, 0) is 57.2 Å². The number of nitrogens with zero attached hydrogens (tertiary/aromatic N) is 1. The number of carbonyl (C=O) groups is 2. The molecule has 0 aromatic heterocycles. The molecule has 1 aromatic rings. The minimum absolute atomic E-state index is 0.0178. The van der Waals surface area contributed by atoms with Crippen LogP contribution in [0.25, 0.3) is 0 Å². The van der Waals surface area contributed by atoms with Crippen molar-refractivity contribution in [1.29, 1.82) is 0 Å². The summed E-state index contributed by atoms with van der Waals surface area (Å²) in [7, 11) is -2.54. The highest BCUT2D eigenvalue weighted by Crippen LogP contribution is 2.40. The Hall–Kier alpha value is -1.68. The van der Waals surface area contributed by atoms with Crippen molar-refractivity contribution < 1.29 is 27.5 Å². The van der Waals surface area contributed by atoms with E-state index in [0.29, 0.717) is 49.5 Å². The Morgan fingerprint density at radius 2 is 1.91 bits per heavy atom. The number of hydrogen-bond donors (Lipinski definition) is 1. The van der Waals surface area contributed by atoms with Crippen LogP contribution < -0.4 is 5.32 Å². The Balaban J connectivity index is 1.56. The molecule has 2 heterocycles. The van der Waals surface area contributed by atoms with E-state index in [0.717, 1.165) is 0 Å². The molecule has 4 rings (SSSR count). The third-order valence-corrected chi connectivity index (χ3v) is 10.1. The van der Waals surface area contributed by atoms with Gasteiger partial charge in [-0.15, -0.1) is 0 Å². The van der Waals surface area contributed by atoms with Crippen LogP contribution in [0.1, 0.15) is 38.2 Å². The quantitative estimate of drug-likeness (QED) is 0.626. The topological polar surface area (TPSA) is 102 Å². The predicted octanol–water partition coefficient (Wildman–Crippen LogP) is 2.52. The first-order valence-electron chi connectivity index (χ1n) is 11.3. The van der Waals surface area contributed by atoms with Crippen molar-refractivity contribution in [2.45, 2.75) is 56.0 Å². The van der Waals surface area contributed by atoms with Crippen molar-refractivity contribution in [3.63, 3.8) is 0 Å². The summed E-state index contributed by atoms with van der Waals surface area (Å²) in [4.78, 5) is 25.8. The Labute approximate surface area is 200 Å². The summed E-state index contributed by atoms with van der Waals surface area (Å²) in [6, 6.07) is 4.62. The first-order valence-corrected chi connectivity index (χ1v) is 13.2. The van der Waals surface area contributed by atoms with E-state index in [2.05, 4.69) is 5.32 Å². The van der Waals surface area contributed by atoms with Crippen molar-refractivity contribution in [3.8, 4) is 0 Å². The van der Waals surface area contributed by atoms with Crippen molar-refractivity contribution in [1.82, 2.24) is 9.62 Å². The number of rotatable bonds is 5. The number of benzene rings is 1. The molecule has 3 aliphatic rings. The average molecular weight is 499 g/mol. The second-order valence-electron chi connectivity index (χ2n) is 9.57. The normalized spacial score (nSPS) is 32.4. The van der Waals surface area contributed by atoms with Crippen LogP contribution in [0.15, 0.2) is 23.1 Å². The van der Waals surface area contributed by atoms with E-state index in [9.17, 15) is 18.0 Å². The zero-order chi connectivity index (χ0) is 24.0. The van der Waals surface area contributed by atoms with Crippen LogP contribution in [0.2, 0.25) is 5.02 Å². The Bertz CT molecular complexity index is 1030. The third-order valence-electron chi connectivity index (χ3n) is 7.54. The highest BCUT2D eigenvalue weighted by molar-refractivity contribution is 7.89. The van der Waals surface area contributed by atoms with Crippen LogP contribution in [-0.2, 0) is 29.1 Å². The molecule has 1 saturated carbocycles. The molecule has 8 nitrogen and oxygen atoms in total. The Morgan fingerprint density at radius 1 is 1.24 bits per heavy atom. The molecule has 3 atom stereocenters. The lowest BCUT2D eigenvalue weighted by molar-refractivity contribution is -0.152. The van der Waals surface area contributed by atoms with E-state index in [4.69, 9.17) is 21.1 Å². The molecule has 2 saturated heterocycles. The van der Waals surface area contributed by atoms with Crippen molar-refractivity contribution in [3.05, 3.63) is 28.8 Å². The molecule has 0 radical (unpaired) electrons. The van der Waals surface area contributed by atoms with Crippen LogP contribution >= 0.6 is 11.6 Å². The maximum absolute atomic E-state index is 13.6. The second kappa shape index (κ2) is 9.17. The van der Waals surface area contributed by atoms with Gasteiger partial charge in [-0.1, -0.05) is 17.7 Å². The van der Waals surface area contributed by atoms with Gasteiger partial charge in [0.05, 0.1) is 31.1 Å². The van der Waals surface area contributed by atoms with E-state index in [-0.39, 0.29) is 47.1 Å². The summed E-state index contributed by atoms with van der Waals surface area (Å²) in [6.07, 6.45) is 2.18. The zero-order valence-electron chi connectivity index (χ0n) is 19.2. The largest absolute Gasteiger partial charge is 0.469 e. The fourth-order valence-electron chi connectivity index (χ4n) is 5.66. The minimum Gasteiger partial charge on any atom is -0.469 e. The summed E-state index contributed by atoms with van der Waals surface area (Å²) < 4.78 is 39.1. The molecule has 2 aliphatic heterocycles. The molecule has 1 amide bonds. The van der Waals surface area contributed by atoms with Crippen molar-refractivity contribution in [2.24, 2.45) is 17.8 Å². The highest BCUT2D eigenvalue weighted by Gasteiger charge is 2.52. The van der Waals surface area contributed by atoms with Crippen LogP contribution in [-0.4, -0.2) is 63.0 Å². The average Bonchev–Trinajstić information content (AvgIpc) is 3.18. The van der Waals surface area contributed by atoms with Gasteiger partial charge < -0.3 is 14.8 Å². The molecule has 10 heteroatoms. The van der Waals surface area contributed by atoms with Gasteiger partial charge in [0.15, 0.2) is 0 Å². The van der Waals surface area contributed by atoms with Crippen molar-refractivity contribution in [2.75, 3.05) is 26.9 Å². The summed E-state index contributed by atoms with van der Waals surface area (Å²) in [5, 5.41) is 3.53. The maximum atomic E-state index is 13.6. The summed E-state index contributed by atoms with van der Waals surface area (Å²) in [5.41, 5.74) is -0.733. The van der Waals surface area contributed by atoms with Crippen LogP contribution in [0.3, 0.4) is 0 Å². The number of halogens is 1. The van der Waals surface area contributed by atoms with E-state index in [1.165, 1.54) is 17.5 Å². The molecule has 1 aromatic carbocycles. The fraction of sp³-hybridized carbons (Fsp3) is 0.652. The van der Waals surface area contributed by atoms with Gasteiger partial charge >= 0.3 is 5.97 Å². The van der Waals surface area contributed by atoms with Crippen LogP contribution in [0, 0.1) is 24.7 Å². The Morgan fingerprint density at radius 3 is 2.55 bits per heavy atom. The maximum Gasteiger partial charge on any atom is 0.308 e. The van der Waals surface area contributed by atoms with Gasteiger partial charge in [-0.2, -0.15) is 4.31 Å². The van der Waals surface area contributed by atoms with E-state index >= 15 is 0 Å². The number of sulfonamides is 1.